The second-order valence-electron chi connectivity index (χ2n) is 3.89. The highest BCUT2D eigenvalue weighted by atomic mass is 79.9. The number of hydrogen-bond acceptors (Lipinski definition) is 3. The largest absolute Gasteiger partial charge is 0.372 e. The minimum Gasteiger partial charge on any atom is -0.372 e. The van der Waals surface area contributed by atoms with Crippen molar-refractivity contribution in [1.29, 1.82) is 0 Å². The lowest BCUT2D eigenvalue weighted by Crippen LogP contribution is -2.02. The molecule has 2 rings (SSSR count). The van der Waals surface area contributed by atoms with Crippen LogP contribution < -0.4 is 5.32 Å². The molecule has 0 bridgehead atoms. The van der Waals surface area contributed by atoms with Crippen LogP contribution in [0.25, 0.3) is 11.4 Å². The fourth-order valence-corrected chi connectivity index (χ4v) is 2.61. The summed E-state index contributed by atoms with van der Waals surface area (Å²) in [5.41, 5.74) is 1.79. The number of anilines is 1. The van der Waals surface area contributed by atoms with Crippen molar-refractivity contribution in [2.45, 2.75) is 13.3 Å². The molecule has 0 saturated heterocycles. The molecule has 0 unspecified atom stereocenters. The molecular weight excluding hydrogens is 349 g/mol. The third kappa shape index (κ3) is 3.02. The van der Waals surface area contributed by atoms with Crippen molar-refractivity contribution in [3.8, 4) is 11.4 Å². The Hall–Kier alpha value is -0.840. The lowest BCUT2D eigenvalue weighted by Gasteiger charge is -2.10. The van der Waals surface area contributed by atoms with Gasteiger partial charge in [0.05, 0.1) is 20.2 Å². The Kier molecular flexibility index (Phi) is 4.66. The molecule has 6 heteroatoms. The zero-order valence-electron chi connectivity index (χ0n) is 10.5. The Labute approximate surface area is 130 Å². The van der Waals surface area contributed by atoms with Gasteiger partial charge < -0.3 is 5.32 Å². The van der Waals surface area contributed by atoms with Crippen LogP contribution in [-0.2, 0) is 6.42 Å². The molecule has 0 aliphatic heterocycles. The van der Waals surface area contributed by atoms with Crippen molar-refractivity contribution in [3.05, 3.63) is 38.4 Å². The molecule has 0 radical (unpaired) electrons. The van der Waals surface area contributed by atoms with Gasteiger partial charge in [0.2, 0.25) is 0 Å². The van der Waals surface area contributed by atoms with Crippen molar-refractivity contribution in [2.75, 3.05) is 12.4 Å². The molecule has 0 spiro atoms. The maximum absolute atomic E-state index is 6.03. The fraction of sp³-hybridized carbons (Fsp3) is 0.231. The molecule has 0 atom stereocenters. The van der Waals surface area contributed by atoms with Gasteiger partial charge in [-0.15, -0.1) is 0 Å². The summed E-state index contributed by atoms with van der Waals surface area (Å²) in [6, 6.07) is 5.37. The Bertz CT molecular complexity index is 592. The molecule has 19 heavy (non-hydrogen) atoms. The quantitative estimate of drug-likeness (QED) is 0.852. The number of nitrogens with zero attached hydrogens (tertiary/aromatic N) is 2. The molecule has 1 aromatic heterocycles. The molecule has 1 N–H and O–H groups in total. The first kappa shape index (κ1) is 14.6. The maximum Gasteiger partial charge on any atom is 0.161 e. The van der Waals surface area contributed by atoms with E-state index in [0.29, 0.717) is 15.9 Å². The normalized spacial score (nSPS) is 10.6. The second kappa shape index (κ2) is 6.07. The van der Waals surface area contributed by atoms with Crippen LogP contribution in [0.15, 0.2) is 22.7 Å². The number of benzene rings is 1. The molecule has 0 saturated carbocycles. The van der Waals surface area contributed by atoms with Crippen LogP contribution in [0.4, 0.5) is 5.82 Å². The van der Waals surface area contributed by atoms with Gasteiger partial charge in [0.1, 0.15) is 5.82 Å². The second-order valence-corrected chi connectivity index (χ2v) is 5.50. The summed E-state index contributed by atoms with van der Waals surface area (Å²) >= 11 is 15.4. The van der Waals surface area contributed by atoms with Crippen LogP contribution in [0.1, 0.15) is 12.6 Å². The SMILES string of the molecule is CCc1nc(-c2ccc(Cl)c(Cl)c2)nc(NC)c1Br. The van der Waals surface area contributed by atoms with Crippen LogP contribution in [0, 0.1) is 0 Å². The van der Waals surface area contributed by atoms with E-state index in [4.69, 9.17) is 23.2 Å². The standard InChI is InChI=1S/C13H12BrCl2N3/c1-3-10-11(14)13(17-2)19-12(18-10)7-4-5-8(15)9(16)6-7/h4-6H,3H2,1-2H3,(H,17,18,19). The smallest absolute Gasteiger partial charge is 0.161 e. The topological polar surface area (TPSA) is 37.8 Å². The zero-order valence-corrected chi connectivity index (χ0v) is 13.6. The van der Waals surface area contributed by atoms with E-state index in [-0.39, 0.29) is 0 Å². The third-order valence-corrected chi connectivity index (χ3v) is 4.24. The lowest BCUT2D eigenvalue weighted by atomic mass is 10.2. The van der Waals surface area contributed by atoms with Crippen LogP contribution in [-0.4, -0.2) is 17.0 Å². The number of nitrogens with one attached hydrogen (secondary N) is 1. The average Bonchev–Trinajstić information content (AvgIpc) is 2.42. The molecular formula is C13H12BrCl2N3. The third-order valence-electron chi connectivity index (χ3n) is 2.67. The van der Waals surface area contributed by atoms with Crippen molar-refractivity contribution in [1.82, 2.24) is 9.97 Å². The number of hydrogen-bond donors (Lipinski definition) is 1. The van der Waals surface area contributed by atoms with Crippen LogP contribution in [0.5, 0.6) is 0 Å². The van der Waals surface area contributed by atoms with E-state index < -0.39 is 0 Å². The van der Waals surface area contributed by atoms with E-state index >= 15 is 0 Å². The Morgan fingerprint density at radius 1 is 1.21 bits per heavy atom. The van der Waals surface area contributed by atoms with E-state index in [1.54, 1.807) is 12.1 Å². The van der Waals surface area contributed by atoms with Crippen molar-refractivity contribution >= 4 is 44.9 Å². The summed E-state index contributed by atoms with van der Waals surface area (Å²) in [6.07, 6.45) is 0.812. The number of rotatable bonds is 3. The predicted octanol–water partition coefficient (Wildman–Crippen LogP) is 4.82. The molecule has 0 aliphatic rings. The van der Waals surface area contributed by atoms with Gasteiger partial charge in [0, 0.05) is 12.6 Å². The van der Waals surface area contributed by atoms with E-state index in [0.717, 1.165) is 28.0 Å². The molecule has 1 aromatic carbocycles. The predicted molar refractivity (Wildman–Crippen MR) is 84.1 cm³/mol. The highest BCUT2D eigenvalue weighted by Crippen LogP contribution is 2.30. The van der Waals surface area contributed by atoms with Crippen molar-refractivity contribution in [2.24, 2.45) is 0 Å². The molecule has 1 heterocycles. The summed E-state index contributed by atoms with van der Waals surface area (Å²) in [6.45, 7) is 2.05. The minimum atomic E-state index is 0.495. The van der Waals surface area contributed by atoms with Gasteiger partial charge in [0.15, 0.2) is 5.82 Å². The van der Waals surface area contributed by atoms with Gasteiger partial charge >= 0.3 is 0 Å². The number of aromatic nitrogens is 2. The van der Waals surface area contributed by atoms with Crippen molar-refractivity contribution in [3.63, 3.8) is 0 Å². The molecule has 0 fully saturated rings. The van der Waals surface area contributed by atoms with Crippen LogP contribution in [0.3, 0.4) is 0 Å². The Balaban J connectivity index is 2.58. The molecule has 100 valence electrons. The summed E-state index contributed by atoms with van der Waals surface area (Å²) < 4.78 is 0.890. The van der Waals surface area contributed by atoms with Gasteiger partial charge in [-0.25, -0.2) is 9.97 Å². The van der Waals surface area contributed by atoms with E-state index in [1.165, 1.54) is 0 Å². The number of halogens is 3. The first-order valence-electron chi connectivity index (χ1n) is 5.76. The van der Waals surface area contributed by atoms with E-state index in [1.807, 2.05) is 20.0 Å². The van der Waals surface area contributed by atoms with Gasteiger partial charge in [-0.1, -0.05) is 30.1 Å². The van der Waals surface area contributed by atoms with Gasteiger partial charge in [-0.2, -0.15) is 0 Å². The lowest BCUT2D eigenvalue weighted by molar-refractivity contribution is 0.991. The highest BCUT2D eigenvalue weighted by molar-refractivity contribution is 9.10. The summed E-state index contributed by atoms with van der Waals surface area (Å²) in [4.78, 5) is 9.01. The van der Waals surface area contributed by atoms with Crippen molar-refractivity contribution < 1.29 is 0 Å². The summed E-state index contributed by atoms with van der Waals surface area (Å²) in [5.74, 6) is 1.39. The van der Waals surface area contributed by atoms with Crippen LogP contribution >= 0.6 is 39.1 Å². The molecule has 0 aliphatic carbocycles. The first-order chi connectivity index (χ1) is 9.06. The Morgan fingerprint density at radius 2 is 1.95 bits per heavy atom. The first-order valence-corrected chi connectivity index (χ1v) is 7.31. The monoisotopic (exact) mass is 359 g/mol. The zero-order chi connectivity index (χ0) is 14.0. The van der Waals surface area contributed by atoms with Gasteiger partial charge in [0.25, 0.3) is 0 Å². The van der Waals surface area contributed by atoms with Gasteiger partial charge in [-0.3, -0.25) is 0 Å². The van der Waals surface area contributed by atoms with Gasteiger partial charge in [-0.05, 0) is 40.5 Å². The maximum atomic E-state index is 6.03. The van der Waals surface area contributed by atoms with E-state index in [9.17, 15) is 0 Å². The minimum absolute atomic E-state index is 0.495. The summed E-state index contributed by atoms with van der Waals surface area (Å²) in [5, 5.41) is 4.06. The molecule has 0 amide bonds. The average molecular weight is 361 g/mol. The summed E-state index contributed by atoms with van der Waals surface area (Å²) in [7, 11) is 1.82. The van der Waals surface area contributed by atoms with E-state index in [2.05, 4.69) is 31.2 Å². The highest BCUT2D eigenvalue weighted by Gasteiger charge is 2.12. The molecule has 3 nitrogen and oxygen atoms in total. The van der Waals surface area contributed by atoms with Crippen LogP contribution in [0.2, 0.25) is 10.0 Å². The number of aryl methyl sites for hydroxylation is 1. The Morgan fingerprint density at radius 3 is 2.53 bits per heavy atom. The fourth-order valence-electron chi connectivity index (χ4n) is 1.66. The molecule has 2 aromatic rings.